The zero-order chi connectivity index (χ0) is 17.6. The van der Waals surface area contributed by atoms with Crippen LogP contribution in [0.4, 0.5) is 4.79 Å². The predicted molar refractivity (Wildman–Crippen MR) is 77.8 cm³/mol. The molecule has 0 saturated heterocycles. The molecule has 23 heavy (non-hydrogen) atoms. The van der Waals surface area contributed by atoms with Crippen LogP contribution in [0, 0.1) is 0 Å². The SMILES string of the molecule is CCOC(=O)Cc1nc(C(=O)[C@H](C)NC(=O)OC(C)(C)C)no1. The van der Waals surface area contributed by atoms with Crippen molar-refractivity contribution in [2.24, 2.45) is 0 Å². The minimum Gasteiger partial charge on any atom is -0.466 e. The molecule has 1 aromatic heterocycles. The molecule has 1 heterocycles. The predicted octanol–water partition coefficient (Wildman–Crippen LogP) is 1.27. The molecule has 1 aromatic rings. The Kier molecular flexibility index (Phi) is 6.23. The second-order valence-corrected chi connectivity index (χ2v) is 5.73. The van der Waals surface area contributed by atoms with Gasteiger partial charge in [-0.15, -0.1) is 0 Å². The number of alkyl carbamates (subject to hydrolysis) is 1. The van der Waals surface area contributed by atoms with Crippen molar-refractivity contribution in [2.75, 3.05) is 6.61 Å². The summed E-state index contributed by atoms with van der Waals surface area (Å²) in [5, 5.41) is 5.88. The van der Waals surface area contributed by atoms with E-state index in [1.54, 1.807) is 27.7 Å². The summed E-state index contributed by atoms with van der Waals surface area (Å²) < 4.78 is 14.6. The van der Waals surface area contributed by atoms with Gasteiger partial charge >= 0.3 is 12.1 Å². The summed E-state index contributed by atoms with van der Waals surface area (Å²) in [5.41, 5.74) is -0.675. The van der Waals surface area contributed by atoms with E-state index in [-0.39, 0.29) is 24.7 Å². The van der Waals surface area contributed by atoms with Crippen LogP contribution in [0.5, 0.6) is 0 Å². The molecule has 0 bridgehead atoms. The van der Waals surface area contributed by atoms with Crippen molar-refractivity contribution in [3.63, 3.8) is 0 Å². The van der Waals surface area contributed by atoms with Crippen molar-refractivity contribution < 1.29 is 28.4 Å². The van der Waals surface area contributed by atoms with E-state index in [2.05, 4.69) is 15.5 Å². The lowest BCUT2D eigenvalue weighted by Gasteiger charge is -2.21. The molecule has 9 heteroatoms. The van der Waals surface area contributed by atoms with Gasteiger partial charge in [-0.2, -0.15) is 4.98 Å². The Morgan fingerprint density at radius 3 is 2.52 bits per heavy atom. The van der Waals surface area contributed by atoms with E-state index < -0.39 is 29.5 Å². The van der Waals surface area contributed by atoms with Crippen molar-refractivity contribution in [2.45, 2.75) is 52.7 Å². The van der Waals surface area contributed by atoms with Crippen LogP contribution >= 0.6 is 0 Å². The Morgan fingerprint density at radius 1 is 1.30 bits per heavy atom. The molecule has 1 atom stereocenters. The number of Topliss-reactive ketones (excluding diaryl/α,β-unsaturated/α-hetero) is 1. The van der Waals surface area contributed by atoms with Crippen LogP contribution in [0.3, 0.4) is 0 Å². The number of ketones is 1. The number of nitrogens with one attached hydrogen (secondary N) is 1. The fourth-order valence-corrected chi connectivity index (χ4v) is 1.51. The molecule has 1 rings (SSSR count). The van der Waals surface area contributed by atoms with Crippen LogP contribution in [0.2, 0.25) is 0 Å². The summed E-state index contributed by atoms with van der Waals surface area (Å²) in [4.78, 5) is 38.8. The monoisotopic (exact) mass is 327 g/mol. The lowest BCUT2D eigenvalue weighted by Crippen LogP contribution is -2.42. The van der Waals surface area contributed by atoms with Gasteiger partial charge in [-0.05, 0) is 34.6 Å². The highest BCUT2D eigenvalue weighted by Gasteiger charge is 2.25. The molecule has 0 spiro atoms. The molecule has 0 aliphatic heterocycles. The maximum absolute atomic E-state index is 12.1. The summed E-state index contributed by atoms with van der Waals surface area (Å²) in [7, 11) is 0. The van der Waals surface area contributed by atoms with Gasteiger partial charge in [0, 0.05) is 0 Å². The highest BCUT2D eigenvalue weighted by Crippen LogP contribution is 2.08. The van der Waals surface area contributed by atoms with Gasteiger partial charge < -0.3 is 19.3 Å². The van der Waals surface area contributed by atoms with Crippen molar-refractivity contribution in [1.82, 2.24) is 15.5 Å². The minimum atomic E-state index is -0.905. The highest BCUT2D eigenvalue weighted by molar-refractivity contribution is 5.98. The molecular weight excluding hydrogens is 306 g/mol. The number of carbonyl (C=O) groups is 3. The number of esters is 1. The van der Waals surface area contributed by atoms with Crippen LogP contribution in [0.25, 0.3) is 0 Å². The molecule has 9 nitrogen and oxygen atoms in total. The lowest BCUT2D eigenvalue weighted by atomic mass is 10.2. The Balaban J connectivity index is 2.62. The van der Waals surface area contributed by atoms with Crippen molar-refractivity contribution >= 4 is 17.8 Å². The van der Waals surface area contributed by atoms with Gasteiger partial charge in [0.2, 0.25) is 17.5 Å². The molecule has 0 unspecified atom stereocenters. The molecule has 0 radical (unpaired) electrons. The number of hydrogen-bond acceptors (Lipinski definition) is 8. The largest absolute Gasteiger partial charge is 0.466 e. The van der Waals surface area contributed by atoms with Gasteiger partial charge in [0.1, 0.15) is 12.0 Å². The van der Waals surface area contributed by atoms with E-state index in [0.29, 0.717) is 0 Å². The molecule has 0 aromatic carbocycles. The molecule has 1 amide bonds. The molecule has 0 fully saturated rings. The van der Waals surface area contributed by atoms with E-state index >= 15 is 0 Å². The van der Waals surface area contributed by atoms with Gasteiger partial charge in [0.05, 0.1) is 12.6 Å². The third-order valence-corrected chi connectivity index (χ3v) is 2.42. The van der Waals surface area contributed by atoms with Crippen molar-refractivity contribution in [3.05, 3.63) is 11.7 Å². The smallest absolute Gasteiger partial charge is 0.408 e. The lowest BCUT2D eigenvalue weighted by molar-refractivity contribution is -0.142. The van der Waals surface area contributed by atoms with Crippen LogP contribution in [0.1, 0.15) is 51.1 Å². The minimum absolute atomic E-state index is 0.0312. The summed E-state index contributed by atoms with van der Waals surface area (Å²) in [6.45, 7) is 8.49. The first-order valence-corrected chi connectivity index (χ1v) is 7.14. The molecular formula is C14H21N3O6. The molecule has 0 aliphatic carbocycles. The van der Waals surface area contributed by atoms with Gasteiger partial charge in [-0.1, -0.05) is 5.16 Å². The second kappa shape index (κ2) is 7.70. The van der Waals surface area contributed by atoms with Crippen molar-refractivity contribution in [3.8, 4) is 0 Å². The van der Waals surface area contributed by atoms with Crippen LogP contribution < -0.4 is 5.32 Å². The first-order chi connectivity index (χ1) is 10.6. The Hall–Kier alpha value is -2.45. The zero-order valence-corrected chi connectivity index (χ0v) is 13.8. The number of ether oxygens (including phenoxy) is 2. The summed E-state index contributed by atoms with van der Waals surface area (Å²) in [5.74, 6) is -1.35. The molecule has 0 saturated carbocycles. The maximum Gasteiger partial charge on any atom is 0.408 e. The normalized spacial score (nSPS) is 12.4. The van der Waals surface area contributed by atoms with Crippen LogP contribution in [-0.2, 0) is 20.7 Å². The summed E-state index contributed by atoms with van der Waals surface area (Å²) in [6.07, 6.45) is -0.948. The number of aromatic nitrogens is 2. The topological polar surface area (TPSA) is 121 Å². The number of hydrogen-bond donors (Lipinski definition) is 1. The van der Waals surface area contributed by atoms with Gasteiger partial charge in [0.25, 0.3) is 0 Å². The highest BCUT2D eigenvalue weighted by atomic mass is 16.6. The summed E-state index contributed by atoms with van der Waals surface area (Å²) in [6, 6.07) is -0.905. The Bertz CT molecular complexity index is 575. The average Bonchev–Trinajstić information content (AvgIpc) is 2.83. The first kappa shape index (κ1) is 18.6. The van der Waals surface area contributed by atoms with E-state index in [4.69, 9.17) is 14.0 Å². The fraction of sp³-hybridized carbons (Fsp3) is 0.643. The van der Waals surface area contributed by atoms with Crippen LogP contribution in [-0.4, -0.2) is 46.2 Å². The van der Waals surface area contributed by atoms with Gasteiger partial charge in [-0.25, -0.2) is 4.79 Å². The van der Waals surface area contributed by atoms with E-state index in [1.165, 1.54) is 6.92 Å². The van der Waals surface area contributed by atoms with Gasteiger partial charge in [-0.3, -0.25) is 9.59 Å². The second-order valence-electron chi connectivity index (χ2n) is 5.73. The van der Waals surface area contributed by atoms with E-state index in [0.717, 1.165) is 0 Å². The number of rotatable bonds is 6. The van der Waals surface area contributed by atoms with E-state index in [1.807, 2.05) is 0 Å². The van der Waals surface area contributed by atoms with Crippen LogP contribution in [0.15, 0.2) is 4.52 Å². The maximum atomic E-state index is 12.1. The molecule has 128 valence electrons. The zero-order valence-electron chi connectivity index (χ0n) is 13.8. The number of nitrogens with zero attached hydrogens (tertiary/aromatic N) is 2. The van der Waals surface area contributed by atoms with Crippen molar-refractivity contribution in [1.29, 1.82) is 0 Å². The fourth-order valence-electron chi connectivity index (χ4n) is 1.51. The number of carbonyl (C=O) groups excluding carboxylic acids is 3. The van der Waals surface area contributed by atoms with Gasteiger partial charge in [0.15, 0.2) is 0 Å². The first-order valence-electron chi connectivity index (χ1n) is 7.14. The Morgan fingerprint density at radius 2 is 1.96 bits per heavy atom. The molecule has 0 aliphatic rings. The average molecular weight is 327 g/mol. The Labute approximate surface area is 133 Å². The number of amides is 1. The third kappa shape index (κ3) is 6.45. The van der Waals surface area contributed by atoms with E-state index in [9.17, 15) is 14.4 Å². The quantitative estimate of drug-likeness (QED) is 0.612. The summed E-state index contributed by atoms with van der Waals surface area (Å²) >= 11 is 0. The standard InChI is InChI=1S/C14H21N3O6/c1-6-21-10(18)7-9-16-12(17-23-9)11(19)8(2)15-13(20)22-14(3,4)5/h8H,6-7H2,1-5H3,(H,15,20)/t8-/m0/s1. The third-order valence-electron chi connectivity index (χ3n) is 2.42. The molecule has 1 N–H and O–H groups in total.